The first-order valence-electron chi connectivity index (χ1n) is 4.73. The second kappa shape index (κ2) is 4.50. The van der Waals surface area contributed by atoms with Crippen LogP contribution in [0.5, 0.6) is 0 Å². The second-order valence-corrected chi connectivity index (χ2v) is 4.56. The lowest BCUT2D eigenvalue weighted by Crippen LogP contribution is -2.16. The van der Waals surface area contributed by atoms with Crippen LogP contribution in [0.1, 0.15) is 6.92 Å². The molecule has 0 saturated carbocycles. The Kier molecular flexibility index (Phi) is 3.05. The summed E-state index contributed by atoms with van der Waals surface area (Å²) in [4.78, 5) is 10.7. The summed E-state index contributed by atoms with van der Waals surface area (Å²) in [5, 5.41) is 16.1. The minimum atomic E-state index is -0.933. The van der Waals surface area contributed by atoms with Crippen molar-refractivity contribution in [2.45, 2.75) is 17.3 Å². The van der Waals surface area contributed by atoms with Crippen LogP contribution >= 0.6 is 11.8 Å². The van der Waals surface area contributed by atoms with Crippen LogP contribution in [-0.4, -0.2) is 31.2 Å². The van der Waals surface area contributed by atoms with E-state index in [9.17, 15) is 4.79 Å². The summed E-state index contributed by atoms with van der Waals surface area (Å²) in [6.45, 7) is 1.55. The number of rotatable bonds is 4. The summed E-state index contributed by atoms with van der Waals surface area (Å²) >= 11 is 1.02. The molecule has 2 aromatic rings. The normalized spacial score (nSPS) is 12.5. The molecule has 0 aromatic carbocycles. The van der Waals surface area contributed by atoms with Gasteiger partial charge in [0.05, 0.1) is 6.26 Å². The molecule has 0 aliphatic rings. The lowest BCUT2D eigenvalue weighted by molar-refractivity contribution is -0.136. The first kappa shape index (κ1) is 11.5. The van der Waals surface area contributed by atoms with Crippen molar-refractivity contribution in [2.75, 3.05) is 5.84 Å². The Hall–Kier alpha value is -1.96. The fourth-order valence-corrected chi connectivity index (χ4v) is 1.84. The van der Waals surface area contributed by atoms with E-state index < -0.39 is 11.2 Å². The number of hydrogen-bond donors (Lipinski definition) is 2. The quantitative estimate of drug-likeness (QED) is 0.614. The van der Waals surface area contributed by atoms with Gasteiger partial charge in [0.1, 0.15) is 5.25 Å². The van der Waals surface area contributed by atoms with E-state index in [-0.39, 0.29) is 0 Å². The number of nitrogen functional groups attached to an aromatic ring is 1. The predicted octanol–water partition coefficient (Wildman–Crippen LogP) is 0.817. The van der Waals surface area contributed by atoms with Crippen molar-refractivity contribution in [3.8, 4) is 11.6 Å². The minimum Gasteiger partial charge on any atom is -0.480 e. The zero-order valence-corrected chi connectivity index (χ0v) is 9.72. The Labute approximate surface area is 101 Å². The maximum Gasteiger partial charge on any atom is 0.316 e. The summed E-state index contributed by atoms with van der Waals surface area (Å²) in [7, 11) is 0. The number of nitrogens with two attached hydrogens (primary N) is 1. The van der Waals surface area contributed by atoms with E-state index in [1.165, 1.54) is 10.9 Å². The highest BCUT2D eigenvalue weighted by Crippen LogP contribution is 2.24. The third-order valence-corrected chi connectivity index (χ3v) is 3.08. The van der Waals surface area contributed by atoms with E-state index >= 15 is 0 Å². The highest BCUT2D eigenvalue weighted by Gasteiger charge is 2.19. The number of nitrogens with zero attached hydrogens (tertiary/aromatic N) is 3. The average Bonchev–Trinajstić information content (AvgIpc) is 2.89. The number of aliphatic carboxylic acids is 1. The first-order valence-corrected chi connectivity index (χ1v) is 5.61. The van der Waals surface area contributed by atoms with Crippen LogP contribution in [0.4, 0.5) is 0 Å². The number of carboxylic acids is 1. The van der Waals surface area contributed by atoms with Crippen molar-refractivity contribution in [1.82, 2.24) is 14.9 Å². The second-order valence-electron chi connectivity index (χ2n) is 3.25. The number of thioether (sulfide) groups is 1. The van der Waals surface area contributed by atoms with Gasteiger partial charge in [-0.25, -0.2) is 4.68 Å². The molecule has 8 heteroatoms. The molecule has 0 amide bonds. The lowest BCUT2D eigenvalue weighted by Gasteiger charge is -2.04. The van der Waals surface area contributed by atoms with E-state index in [0.717, 1.165) is 11.8 Å². The van der Waals surface area contributed by atoms with Crippen LogP contribution in [0.25, 0.3) is 11.6 Å². The number of hydrogen-bond acceptors (Lipinski definition) is 6. The van der Waals surface area contributed by atoms with E-state index in [1.54, 1.807) is 19.1 Å². The fourth-order valence-electron chi connectivity index (χ4n) is 1.14. The van der Waals surface area contributed by atoms with Crippen LogP contribution < -0.4 is 5.84 Å². The van der Waals surface area contributed by atoms with Crippen molar-refractivity contribution in [3.63, 3.8) is 0 Å². The zero-order chi connectivity index (χ0) is 12.4. The fraction of sp³-hybridized carbons (Fsp3) is 0.222. The van der Waals surface area contributed by atoms with E-state index in [4.69, 9.17) is 15.4 Å². The zero-order valence-electron chi connectivity index (χ0n) is 8.90. The van der Waals surface area contributed by atoms with Crippen LogP contribution in [-0.2, 0) is 4.79 Å². The first-order chi connectivity index (χ1) is 8.09. The van der Waals surface area contributed by atoms with Gasteiger partial charge in [-0.2, -0.15) is 0 Å². The lowest BCUT2D eigenvalue weighted by atomic mass is 10.4. The van der Waals surface area contributed by atoms with Crippen molar-refractivity contribution in [3.05, 3.63) is 18.4 Å². The molecule has 0 spiro atoms. The van der Waals surface area contributed by atoms with Gasteiger partial charge in [-0.1, -0.05) is 11.8 Å². The molecule has 0 unspecified atom stereocenters. The van der Waals surface area contributed by atoms with Gasteiger partial charge in [0.15, 0.2) is 5.76 Å². The third-order valence-electron chi connectivity index (χ3n) is 2.04. The molecule has 2 rings (SSSR count). The Morgan fingerprint density at radius 3 is 3.00 bits per heavy atom. The number of carboxylic acid groups (broad SMARTS) is 1. The van der Waals surface area contributed by atoms with Crippen LogP contribution in [0.15, 0.2) is 28.0 Å². The van der Waals surface area contributed by atoms with Crippen molar-refractivity contribution in [2.24, 2.45) is 0 Å². The maximum absolute atomic E-state index is 10.7. The van der Waals surface area contributed by atoms with Crippen LogP contribution in [0, 0.1) is 0 Å². The van der Waals surface area contributed by atoms with Gasteiger partial charge in [-0.15, -0.1) is 10.2 Å². The molecule has 2 heterocycles. The van der Waals surface area contributed by atoms with Crippen LogP contribution in [0.2, 0.25) is 0 Å². The van der Waals surface area contributed by atoms with Crippen LogP contribution in [0.3, 0.4) is 0 Å². The van der Waals surface area contributed by atoms with Crippen molar-refractivity contribution in [1.29, 1.82) is 0 Å². The number of aromatic nitrogens is 3. The summed E-state index contributed by atoms with van der Waals surface area (Å²) < 4.78 is 6.35. The summed E-state index contributed by atoms with van der Waals surface area (Å²) in [5.41, 5.74) is 0. The predicted molar refractivity (Wildman–Crippen MR) is 60.8 cm³/mol. The largest absolute Gasteiger partial charge is 0.480 e. The summed E-state index contributed by atoms with van der Waals surface area (Å²) in [6, 6.07) is 3.40. The van der Waals surface area contributed by atoms with E-state index in [2.05, 4.69) is 10.2 Å². The van der Waals surface area contributed by atoms with E-state index in [0.29, 0.717) is 16.7 Å². The molecule has 3 N–H and O–H groups in total. The van der Waals surface area contributed by atoms with Gasteiger partial charge in [0, 0.05) is 0 Å². The van der Waals surface area contributed by atoms with Gasteiger partial charge in [0.25, 0.3) is 0 Å². The molecule has 7 nitrogen and oxygen atoms in total. The minimum absolute atomic E-state index is 0.325. The summed E-state index contributed by atoms with van der Waals surface area (Å²) in [6.07, 6.45) is 1.50. The molecule has 0 bridgehead atoms. The van der Waals surface area contributed by atoms with Gasteiger partial charge in [-0.3, -0.25) is 4.79 Å². The molecule has 0 fully saturated rings. The monoisotopic (exact) mass is 254 g/mol. The van der Waals surface area contributed by atoms with Gasteiger partial charge >= 0.3 is 5.97 Å². The SMILES string of the molecule is C[C@H](Sc1nnc(-c2ccco2)n1N)C(=O)O. The third kappa shape index (κ3) is 2.26. The number of carbonyl (C=O) groups is 1. The highest BCUT2D eigenvalue weighted by molar-refractivity contribution is 8.00. The van der Waals surface area contributed by atoms with Crippen molar-refractivity contribution >= 4 is 17.7 Å². The molecule has 0 radical (unpaired) electrons. The molecule has 0 saturated heterocycles. The van der Waals surface area contributed by atoms with Gasteiger partial charge in [-0.05, 0) is 19.1 Å². The molecule has 17 heavy (non-hydrogen) atoms. The van der Waals surface area contributed by atoms with Gasteiger partial charge < -0.3 is 15.4 Å². The standard InChI is InChI=1S/C9H10N4O3S/c1-5(8(14)15)17-9-12-11-7(13(9)10)6-3-2-4-16-6/h2-5H,10H2,1H3,(H,14,15)/t5-/m0/s1. The molecule has 90 valence electrons. The topological polar surface area (TPSA) is 107 Å². The summed E-state index contributed by atoms with van der Waals surface area (Å²) in [5.74, 6) is 5.67. The Bertz CT molecular complexity index is 522. The van der Waals surface area contributed by atoms with Crippen molar-refractivity contribution < 1.29 is 14.3 Å². The molecule has 2 aromatic heterocycles. The molecular weight excluding hydrogens is 244 g/mol. The Morgan fingerprint density at radius 1 is 1.65 bits per heavy atom. The molecule has 1 atom stereocenters. The average molecular weight is 254 g/mol. The molecule has 0 aliphatic carbocycles. The molecule has 0 aliphatic heterocycles. The maximum atomic E-state index is 10.7. The van der Waals surface area contributed by atoms with E-state index in [1.807, 2.05) is 0 Å². The molecular formula is C9H10N4O3S. The Balaban J connectivity index is 2.24. The Morgan fingerprint density at radius 2 is 2.41 bits per heavy atom. The highest BCUT2D eigenvalue weighted by atomic mass is 32.2. The number of furan rings is 1. The van der Waals surface area contributed by atoms with Gasteiger partial charge in [0.2, 0.25) is 11.0 Å². The smallest absolute Gasteiger partial charge is 0.316 e.